The maximum Gasteiger partial charge on any atom is 0.215 e. The van der Waals surface area contributed by atoms with E-state index in [1.807, 2.05) is 92.0 Å². The molecular formula is C26H21N3OS. The summed E-state index contributed by atoms with van der Waals surface area (Å²) in [5.74, 6) is 0.171. The Bertz CT molecular complexity index is 1390. The lowest BCUT2D eigenvalue weighted by molar-refractivity contribution is 0.439. The van der Waals surface area contributed by atoms with Crippen molar-refractivity contribution in [2.24, 2.45) is 9.98 Å². The molecule has 0 unspecified atom stereocenters. The molecule has 1 aliphatic rings. The lowest BCUT2D eigenvalue weighted by Gasteiger charge is -2.06. The summed E-state index contributed by atoms with van der Waals surface area (Å²) >= 11 is 1.45. The van der Waals surface area contributed by atoms with Gasteiger partial charge >= 0.3 is 0 Å². The van der Waals surface area contributed by atoms with Gasteiger partial charge in [0.15, 0.2) is 4.80 Å². The number of hydrogen-bond acceptors (Lipinski definition) is 4. The summed E-state index contributed by atoms with van der Waals surface area (Å²) in [5.41, 5.74) is 7.05. The molecule has 1 aromatic heterocycles. The number of rotatable bonds is 3. The number of hydrogen-bond donors (Lipinski definition) is 1. The molecule has 5 heteroatoms. The molecule has 0 spiro atoms. The molecule has 4 aromatic rings. The van der Waals surface area contributed by atoms with Gasteiger partial charge in [0.2, 0.25) is 5.88 Å². The second-order valence-corrected chi connectivity index (χ2v) is 8.57. The summed E-state index contributed by atoms with van der Waals surface area (Å²) in [6, 6.07) is 24.1. The lowest BCUT2D eigenvalue weighted by atomic mass is 10.1. The first-order valence-electron chi connectivity index (χ1n) is 10.1. The van der Waals surface area contributed by atoms with Crippen LogP contribution in [0.25, 0.3) is 17.3 Å². The summed E-state index contributed by atoms with van der Waals surface area (Å²) in [6.45, 7) is 4.10. The number of allylic oxidation sites excluding steroid dienone is 1. The number of aromatic nitrogens is 1. The van der Waals surface area contributed by atoms with Crippen LogP contribution < -0.4 is 4.80 Å². The number of benzene rings is 3. The average molecular weight is 424 g/mol. The quantitative estimate of drug-likeness (QED) is 0.410. The maximum absolute atomic E-state index is 11.2. The molecule has 0 saturated carbocycles. The molecule has 31 heavy (non-hydrogen) atoms. The van der Waals surface area contributed by atoms with Crippen LogP contribution in [0.5, 0.6) is 5.88 Å². The van der Waals surface area contributed by atoms with Gasteiger partial charge in [-0.1, -0.05) is 64.9 Å². The first-order chi connectivity index (χ1) is 15.1. The van der Waals surface area contributed by atoms with Gasteiger partial charge in [0.25, 0.3) is 0 Å². The van der Waals surface area contributed by atoms with Crippen molar-refractivity contribution in [3.8, 4) is 11.6 Å². The first kappa shape index (κ1) is 19.3. The van der Waals surface area contributed by atoms with Crippen LogP contribution in [0.2, 0.25) is 0 Å². The van der Waals surface area contributed by atoms with E-state index in [9.17, 15) is 5.11 Å². The van der Waals surface area contributed by atoms with E-state index in [1.54, 1.807) is 4.57 Å². The summed E-state index contributed by atoms with van der Waals surface area (Å²) in [5, 5.41) is 11.2. The molecule has 152 valence electrons. The number of nitrogens with zero attached hydrogens (tertiary/aromatic N) is 3. The Morgan fingerprint density at radius 2 is 1.58 bits per heavy atom. The van der Waals surface area contributed by atoms with Crippen LogP contribution in [0.4, 0.5) is 11.4 Å². The fraction of sp³-hybridized carbons (Fsp3) is 0.0769. The smallest absolute Gasteiger partial charge is 0.215 e. The van der Waals surface area contributed by atoms with Crippen LogP contribution in [0.15, 0.2) is 82.8 Å². The van der Waals surface area contributed by atoms with Gasteiger partial charge in [0, 0.05) is 17.4 Å². The van der Waals surface area contributed by atoms with E-state index >= 15 is 0 Å². The number of fused-ring (bicyclic) bond motifs is 1. The van der Waals surface area contributed by atoms with Crippen molar-refractivity contribution in [1.82, 2.24) is 4.57 Å². The average Bonchev–Trinajstić information content (AvgIpc) is 3.32. The molecule has 1 N–H and O–H groups in total. The van der Waals surface area contributed by atoms with E-state index in [0.29, 0.717) is 4.80 Å². The van der Waals surface area contributed by atoms with Crippen LogP contribution in [-0.2, 0) is 0 Å². The Morgan fingerprint density at radius 3 is 2.32 bits per heavy atom. The van der Waals surface area contributed by atoms with E-state index in [0.717, 1.165) is 38.6 Å². The predicted molar refractivity (Wildman–Crippen MR) is 129 cm³/mol. The Kier molecular flexibility index (Phi) is 4.88. The number of aryl methyl sites for hydroxylation is 2. The molecule has 1 aliphatic heterocycles. The van der Waals surface area contributed by atoms with Gasteiger partial charge in [-0.15, -0.1) is 0 Å². The lowest BCUT2D eigenvalue weighted by Crippen LogP contribution is -2.11. The van der Waals surface area contributed by atoms with Crippen molar-refractivity contribution in [2.75, 3.05) is 0 Å². The van der Waals surface area contributed by atoms with Crippen molar-refractivity contribution in [3.63, 3.8) is 0 Å². The molecular weight excluding hydrogens is 402 g/mol. The maximum atomic E-state index is 11.2. The molecule has 0 fully saturated rings. The molecule has 0 amide bonds. The number of thiazole rings is 1. The zero-order chi connectivity index (χ0) is 21.4. The monoisotopic (exact) mass is 423 g/mol. The van der Waals surface area contributed by atoms with Crippen LogP contribution in [-0.4, -0.2) is 15.9 Å². The van der Waals surface area contributed by atoms with Crippen LogP contribution >= 0.6 is 11.3 Å². The van der Waals surface area contributed by atoms with E-state index in [-0.39, 0.29) is 5.88 Å². The molecule has 0 saturated heterocycles. The molecule has 0 aliphatic carbocycles. The van der Waals surface area contributed by atoms with Gasteiger partial charge in [-0.3, -0.25) is 9.56 Å². The van der Waals surface area contributed by atoms with Crippen LogP contribution in [0, 0.1) is 13.8 Å². The summed E-state index contributed by atoms with van der Waals surface area (Å²) in [4.78, 5) is 10.8. The van der Waals surface area contributed by atoms with Crippen LogP contribution in [0.3, 0.4) is 0 Å². The molecule has 0 radical (unpaired) electrons. The first-order valence-corrected chi connectivity index (χ1v) is 10.9. The largest absolute Gasteiger partial charge is 0.493 e. The van der Waals surface area contributed by atoms with Gasteiger partial charge in [0.05, 0.1) is 21.9 Å². The van der Waals surface area contributed by atoms with Crippen molar-refractivity contribution in [1.29, 1.82) is 0 Å². The molecule has 2 heterocycles. The highest BCUT2D eigenvalue weighted by molar-refractivity contribution is 7.10. The van der Waals surface area contributed by atoms with Gasteiger partial charge in [-0.25, -0.2) is 4.99 Å². The van der Waals surface area contributed by atoms with E-state index in [1.165, 1.54) is 16.9 Å². The Balaban J connectivity index is 1.69. The second-order valence-electron chi connectivity index (χ2n) is 7.57. The van der Waals surface area contributed by atoms with Crippen molar-refractivity contribution < 1.29 is 5.11 Å². The van der Waals surface area contributed by atoms with Crippen molar-refractivity contribution in [3.05, 3.63) is 99.2 Å². The van der Waals surface area contributed by atoms with Crippen molar-refractivity contribution in [2.45, 2.75) is 13.8 Å². The second kappa shape index (κ2) is 7.85. The summed E-state index contributed by atoms with van der Waals surface area (Å²) in [6.07, 6.45) is 3.82. The highest BCUT2D eigenvalue weighted by Crippen LogP contribution is 2.35. The predicted octanol–water partition coefficient (Wildman–Crippen LogP) is 6.35. The van der Waals surface area contributed by atoms with Gasteiger partial charge in [-0.05, 0) is 50.3 Å². The fourth-order valence-corrected chi connectivity index (χ4v) is 4.51. The van der Waals surface area contributed by atoms with Crippen LogP contribution in [0.1, 0.15) is 21.6 Å². The standard InChI is InChI=1S/C26H21N3OS/c1-17-7-11-20(12-8-17)28-26-29(21-13-9-18(2)10-14-21)25(30)24(31-26)15-19-16-27-23-6-4-3-5-22(19)23/h3-16,30H,1-2H3/b19-15+,28-26?. The van der Waals surface area contributed by atoms with E-state index in [2.05, 4.69) is 11.9 Å². The third-order valence-corrected chi connectivity index (χ3v) is 6.20. The Labute approximate surface area is 184 Å². The minimum atomic E-state index is 0.171. The Morgan fingerprint density at radius 1 is 0.903 bits per heavy atom. The normalized spacial score (nSPS) is 14.4. The number of aromatic hydroxyl groups is 1. The fourth-order valence-electron chi connectivity index (χ4n) is 3.51. The highest BCUT2D eigenvalue weighted by atomic mass is 32.1. The molecule has 3 aromatic carbocycles. The summed E-state index contributed by atoms with van der Waals surface area (Å²) in [7, 11) is 0. The number of para-hydroxylation sites is 1. The van der Waals surface area contributed by atoms with Gasteiger partial charge in [0.1, 0.15) is 0 Å². The SMILES string of the molecule is Cc1ccc(N=c2sc(/C=C3\C=Nc4ccccc43)c(O)n2-c2ccc(C)cc2)cc1. The zero-order valence-corrected chi connectivity index (χ0v) is 18.1. The zero-order valence-electron chi connectivity index (χ0n) is 17.3. The minimum Gasteiger partial charge on any atom is -0.493 e. The van der Waals surface area contributed by atoms with Gasteiger partial charge < -0.3 is 5.11 Å². The van der Waals surface area contributed by atoms with E-state index < -0.39 is 0 Å². The third-order valence-electron chi connectivity index (χ3n) is 5.22. The summed E-state index contributed by atoms with van der Waals surface area (Å²) < 4.78 is 1.80. The molecule has 0 bridgehead atoms. The molecule has 4 nitrogen and oxygen atoms in total. The van der Waals surface area contributed by atoms with Gasteiger partial charge in [-0.2, -0.15) is 0 Å². The Hall–Kier alpha value is -3.70. The molecule has 0 atom stereocenters. The highest BCUT2D eigenvalue weighted by Gasteiger charge is 2.17. The number of aliphatic imine (C=N–C) groups is 1. The molecule has 5 rings (SSSR count). The van der Waals surface area contributed by atoms with E-state index in [4.69, 9.17) is 4.99 Å². The minimum absolute atomic E-state index is 0.171. The third kappa shape index (κ3) is 3.76. The topological polar surface area (TPSA) is 49.9 Å². The van der Waals surface area contributed by atoms with Crippen molar-refractivity contribution >= 4 is 40.6 Å².